The molecule has 1 fully saturated rings. The van der Waals surface area contributed by atoms with E-state index < -0.39 is 0 Å². The highest BCUT2D eigenvalue weighted by atomic mass is 16.3. The third-order valence-electron chi connectivity index (χ3n) is 6.01. The molecule has 2 N–H and O–H groups in total. The molecule has 1 heterocycles. The number of hydrogen-bond acceptors (Lipinski definition) is 3. The van der Waals surface area contributed by atoms with E-state index in [1.165, 1.54) is 0 Å². The number of carbonyl (C=O) groups excluding carboxylic acids is 2. The summed E-state index contributed by atoms with van der Waals surface area (Å²) in [7, 11) is 0. The zero-order valence-corrected chi connectivity index (χ0v) is 17.6. The van der Waals surface area contributed by atoms with Gasteiger partial charge in [-0.25, -0.2) is 0 Å². The number of aryl methyl sites for hydroxylation is 1. The number of hydrogen-bond donors (Lipinski definition) is 2. The number of furan rings is 1. The molecule has 5 rings (SSSR count). The van der Waals surface area contributed by atoms with E-state index >= 15 is 0 Å². The lowest BCUT2D eigenvalue weighted by Gasteiger charge is -2.14. The Hall–Kier alpha value is -3.60. The van der Waals surface area contributed by atoms with Crippen LogP contribution in [-0.4, -0.2) is 11.8 Å². The van der Waals surface area contributed by atoms with Crippen molar-refractivity contribution in [1.82, 2.24) is 5.32 Å². The summed E-state index contributed by atoms with van der Waals surface area (Å²) in [5.74, 6) is 0.354. The molecule has 1 atom stereocenters. The topological polar surface area (TPSA) is 71.3 Å². The lowest BCUT2D eigenvalue weighted by Crippen LogP contribution is -2.26. The van der Waals surface area contributed by atoms with Gasteiger partial charge >= 0.3 is 0 Å². The van der Waals surface area contributed by atoms with Crippen molar-refractivity contribution in [2.75, 3.05) is 5.32 Å². The first-order valence-electron chi connectivity index (χ1n) is 10.6. The van der Waals surface area contributed by atoms with E-state index in [-0.39, 0.29) is 23.8 Å². The smallest absolute Gasteiger partial charge is 0.287 e. The van der Waals surface area contributed by atoms with Crippen molar-refractivity contribution in [3.05, 3.63) is 77.6 Å². The Morgan fingerprint density at radius 3 is 2.45 bits per heavy atom. The minimum Gasteiger partial charge on any atom is -0.450 e. The summed E-state index contributed by atoms with van der Waals surface area (Å²) in [5.41, 5.74) is 3.31. The molecule has 1 aliphatic rings. The van der Waals surface area contributed by atoms with E-state index in [2.05, 4.69) is 10.6 Å². The Morgan fingerprint density at radius 2 is 1.71 bits per heavy atom. The number of benzene rings is 3. The van der Waals surface area contributed by atoms with Crippen molar-refractivity contribution in [2.24, 2.45) is 5.92 Å². The van der Waals surface area contributed by atoms with Crippen LogP contribution in [0.4, 0.5) is 5.69 Å². The fraction of sp³-hybridized carbons (Fsp3) is 0.231. The molecule has 3 aromatic carbocycles. The summed E-state index contributed by atoms with van der Waals surface area (Å²) in [5, 5.41) is 8.99. The average Bonchev–Trinajstić information content (AvgIpc) is 3.57. The zero-order chi connectivity index (χ0) is 21.5. The second-order valence-corrected chi connectivity index (χ2v) is 8.30. The number of carbonyl (C=O) groups is 2. The largest absolute Gasteiger partial charge is 0.450 e. The maximum atomic E-state index is 13.0. The molecule has 1 aromatic heterocycles. The summed E-state index contributed by atoms with van der Waals surface area (Å²) in [6, 6.07) is 19.4. The molecule has 1 aliphatic carbocycles. The molecule has 5 nitrogen and oxygen atoms in total. The molecule has 0 unspecified atom stereocenters. The normalized spacial score (nSPS) is 14.5. The highest BCUT2D eigenvalue weighted by Crippen LogP contribution is 2.32. The lowest BCUT2D eigenvalue weighted by molar-refractivity contribution is -0.117. The molecule has 0 radical (unpaired) electrons. The number of rotatable bonds is 5. The first kappa shape index (κ1) is 19.4. The van der Waals surface area contributed by atoms with E-state index in [1.54, 1.807) is 0 Å². The molecule has 2 amide bonds. The fourth-order valence-electron chi connectivity index (χ4n) is 3.96. The molecular formula is C26H24N2O3. The minimum atomic E-state index is -0.239. The van der Waals surface area contributed by atoms with Gasteiger partial charge in [0, 0.05) is 27.9 Å². The van der Waals surface area contributed by atoms with Gasteiger partial charge in [-0.2, -0.15) is 0 Å². The van der Waals surface area contributed by atoms with Gasteiger partial charge in [-0.15, -0.1) is 0 Å². The van der Waals surface area contributed by atoms with E-state index in [9.17, 15) is 9.59 Å². The predicted octanol–water partition coefficient (Wildman–Crippen LogP) is 5.73. The SMILES string of the molecule is Cc1c(C(=O)N[C@@H](C)c2ccc(NC(=O)C3CC3)cc2)oc2c1ccc1ccccc12. The van der Waals surface area contributed by atoms with Crippen molar-refractivity contribution in [1.29, 1.82) is 0 Å². The van der Waals surface area contributed by atoms with Gasteiger partial charge in [-0.1, -0.05) is 48.5 Å². The van der Waals surface area contributed by atoms with Crippen LogP contribution in [0.15, 0.2) is 65.1 Å². The third-order valence-corrected chi connectivity index (χ3v) is 6.01. The number of anilines is 1. The molecule has 1 saturated carbocycles. The molecule has 4 aromatic rings. The number of fused-ring (bicyclic) bond motifs is 3. The van der Waals surface area contributed by atoms with Gasteiger partial charge in [0.2, 0.25) is 5.91 Å². The Balaban J connectivity index is 1.34. The summed E-state index contributed by atoms with van der Waals surface area (Å²) < 4.78 is 6.04. The summed E-state index contributed by atoms with van der Waals surface area (Å²) in [6.07, 6.45) is 1.95. The van der Waals surface area contributed by atoms with Gasteiger partial charge in [0.25, 0.3) is 5.91 Å². The minimum absolute atomic E-state index is 0.0852. The van der Waals surface area contributed by atoms with Gasteiger partial charge in [0.15, 0.2) is 5.76 Å². The highest BCUT2D eigenvalue weighted by Gasteiger charge is 2.29. The lowest BCUT2D eigenvalue weighted by atomic mass is 10.1. The Kier molecular flexibility index (Phi) is 4.74. The van der Waals surface area contributed by atoms with Crippen molar-refractivity contribution in [3.63, 3.8) is 0 Å². The van der Waals surface area contributed by atoms with Crippen LogP contribution in [0.3, 0.4) is 0 Å². The number of amides is 2. The molecule has 0 spiro atoms. The monoisotopic (exact) mass is 412 g/mol. The molecule has 0 bridgehead atoms. The maximum Gasteiger partial charge on any atom is 0.287 e. The molecule has 0 saturated heterocycles. The second-order valence-electron chi connectivity index (χ2n) is 8.30. The van der Waals surface area contributed by atoms with E-state index in [0.717, 1.165) is 51.4 Å². The van der Waals surface area contributed by atoms with Gasteiger partial charge in [-0.05, 0) is 49.8 Å². The Morgan fingerprint density at radius 1 is 0.968 bits per heavy atom. The fourth-order valence-corrected chi connectivity index (χ4v) is 3.96. The van der Waals surface area contributed by atoms with Gasteiger partial charge in [-0.3, -0.25) is 9.59 Å². The Labute approximate surface area is 180 Å². The molecular weight excluding hydrogens is 388 g/mol. The van der Waals surface area contributed by atoms with E-state index in [1.807, 2.05) is 74.5 Å². The van der Waals surface area contributed by atoms with Crippen LogP contribution in [-0.2, 0) is 4.79 Å². The van der Waals surface area contributed by atoms with Crippen LogP contribution in [0.25, 0.3) is 21.7 Å². The third kappa shape index (κ3) is 3.67. The first-order chi connectivity index (χ1) is 15.0. The van der Waals surface area contributed by atoms with Crippen LogP contribution in [0.5, 0.6) is 0 Å². The van der Waals surface area contributed by atoms with E-state index in [4.69, 9.17) is 4.42 Å². The second kappa shape index (κ2) is 7.58. The van der Waals surface area contributed by atoms with E-state index in [0.29, 0.717) is 5.76 Å². The van der Waals surface area contributed by atoms with Crippen molar-refractivity contribution in [3.8, 4) is 0 Å². The zero-order valence-electron chi connectivity index (χ0n) is 17.6. The van der Waals surface area contributed by atoms with Crippen molar-refractivity contribution >= 4 is 39.2 Å². The van der Waals surface area contributed by atoms with Crippen LogP contribution in [0, 0.1) is 12.8 Å². The molecule has 31 heavy (non-hydrogen) atoms. The Bertz CT molecular complexity index is 1300. The summed E-state index contributed by atoms with van der Waals surface area (Å²) in [4.78, 5) is 24.9. The van der Waals surface area contributed by atoms with Crippen LogP contribution >= 0.6 is 0 Å². The van der Waals surface area contributed by atoms with Crippen molar-refractivity contribution < 1.29 is 14.0 Å². The van der Waals surface area contributed by atoms with Crippen LogP contribution < -0.4 is 10.6 Å². The van der Waals surface area contributed by atoms with Gasteiger partial charge in [0.1, 0.15) is 5.58 Å². The quantitative estimate of drug-likeness (QED) is 0.439. The standard InChI is InChI=1S/C26H24N2O3/c1-15-21-14-11-18-5-3-4-6-22(18)24(21)31-23(15)26(30)27-16(2)17-9-12-20(13-10-17)28-25(29)19-7-8-19/h3-6,9-14,16,19H,7-8H2,1-2H3,(H,27,30)(H,28,29)/t16-/m0/s1. The number of nitrogens with one attached hydrogen (secondary N) is 2. The van der Waals surface area contributed by atoms with Crippen molar-refractivity contribution in [2.45, 2.75) is 32.7 Å². The molecule has 156 valence electrons. The predicted molar refractivity (Wildman–Crippen MR) is 122 cm³/mol. The van der Waals surface area contributed by atoms with Gasteiger partial charge < -0.3 is 15.1 Å². The molecule has 0 aliphatic heterocycles. The molecule has 5 heteroatoms. The summed E-state index contributed by atoms with van der Waals surface area (Å²) in [6.45, 7) is 3.85. The maximum absolute atomic E-state index is 13.0. The van der Waals surface area contributed by atoms with Crippen LogP contribution in [0.1, 0.15) is 47.5 Å². The summed E-state index contributed by atoms with van der Waals surface area (Å²) >= 11 is 0. The highest BCUT2D eigenvalue weighted by molar-refractivity contribution is 6.09. The first-order valence-corrected chi connectivity index (χ1v) is 10.6. The van der Waals surface area contributed by atoms with Gasteiger partial charge in [0.05, 0.1) is 6.04 Å². The average molecular weight is 412 g/mol. The van der Waals surface area contributed by atoms with Crippen LogP contribution in [0.2, 0.25) is 0 Å².